The van der Waals surface area contributed by atoms with Crippen LogP contribution in [0.25, 0.3) is 10.9 Å². The second kappa shape index (κ2) is 4.08. The molecule has 1 heterocycles. The first-order chi connectivity index (χ1) is 7.24. The molecule has 4 nitrogen and oxygen atoms in total. The minimum atomic E-state index is 0.174. The fourth-order valence-electron chi connectivity index (χ4n) is 1.49. The zero-order valence-electron chi connectivity index (χ0n) is 8.37. The number of aromatic hydroxyl groups is 1. The molecule has 1 aromatic carbocycles. The van der Waals surface area contributed by atoms with Crippen molar-refractivity contribution >= 4 is 22.5 Å². The maximum Gasteiger partial charge on any atom is 0.138 e. The molecule has 2 rings (SSSR count). The number of nitrogens with zero attached hydrogens (tertiary/aromatic N) is 2. The molecule has 0 radical (unpaired) electrons. The Bertz CT molecular complexity index is 481. The third-order valence-electron chi connectivity index (χ3n) is 2.26. The summed E-state index contributed by atoms with van der Waals surface area (Å²) in [4.78, 5) is 0. The van der Waals surface area contributed by atoms with Gasteiger partial charge in [0.25, 0.3) is 0 Å². The average Bonchev–Trinajstić information content (AvgIpc) is 2.54. The lowest BCUT2D eigenvalue weighted by atomic mass is 10.2. The number of hydrogen-bond donors (Lipinski definition) is 2. The Kier molecular flexibility index (Phi) is 2.79. The Balaban J connectivity index is 2.50. The molecule has 0 amide bonds. The third-order valence-corrected chi connectivity index (χ3v) is 2.64. The van der Waals surface area contributed by atoms with Crippen LogP contribution in [-0.4, -0.2) is 28.5 Å². The van der Waals surface area contributed by atoms with E-state index >= 15 is 0 Å². The number of hydrogen-bond acceptors (Lipinski definition) is 3. The summed E-state index contributed by atoms with van der Waals surface area (Å²) < 4.78 is 1.68. The summed E-state index contributed by atoms with van der Waals surface area (Å²) in [5.41, 5.74) is 0.719. The van der Waals surface area contributed by atoms with Crippen LogP contribution in [0, 0.1) is 0 Å². The van der Waals surface area contributed by atoms with Gasteiger partial charge >= 0.3 is 0 Å². The van der Waals surface area contributed by atoms with Gasteiger partial charge in [-0.25, -0.2) is 0 Å². The highest BCUT2D eigenvalue weighted by Crippen LogP contribution is 2.30. The number of benzene rings is 1. The molecule has 0 aliphatic rings. The molecular weight excluding hydrogens is 214 g/mol. The molecule has 5 heteroatoms. The van der Waals surface area contributed by atoms with E-state index < -0.39 is 0 Å². The molecule has 15 heavy (non-hydrogen) atoms. The summed E-state index contributed by atoms with van der Waals surface area (Å²) in [6.45, 7) is 1.47. The highest BCUT2D eigenvalue weighted by molar-refractivity contribution is 6.35. The Labute approximate surface area is 92.5 Å². The molecule has 2 aromatic rings. The molecule has 0 aliphatic heterocycles. The van der Waals surface area contributed by atoms with Crippen molar-refractivity contribution in [3.05, 3.63) is 23.4 Å². The van der Waals surface area contributed by atoms with Gasteiger partial charge in [-0.2, -0.15) is 5.10 Å². The summed E-state index contributed by atoms with van der Waals surface area (Å²) in [6, 6.07) is 5.19. The fraction of sp³-hybridized carbons (Fsp3) is 0.300. The van der Waals surface area contributed by atoms with Gasteiger partial charge in [-0.3, -0.25) is 4.68 Å². The predicted octanol–water partition coefficient (Wildman–Crippen LogP) is 1.61. The van der Waals surface area contributed by atoms with Crippen molar-refractivity contribution in [1.82, 2.24) is 15.1 Å². The second-order valence-electron chi connectivity index (χ2n) is 3.29. The van der Waals surface area contributed by atoms with E-state index in [-0.39, 0.29) is 5.75 Å². The number of phenolic OH excluding ortho intramolecular Hbond substituents is 1. The van der Waals surface area contributed by atoms with Gasteiger partial charge in [0.15, 0.2) is 0 Å². The molecule has 0 saturated carbocycles. The van der Waals surface area contributed by atoms with Crippen molar-refractivity contribution in [2.75, 3.05) is 13.6 Å². The van der Waals surface area contributed by atoms with E-state index in [0.717, 1.165) is 12.1 Å². The molecule has 1 aromatic heterocycles. The van der Waals surface area contributed by atoms with E-state index in [1.807, 2.05) is 13.1 Å². The van der Waals surface area contributed by atoms with Gasteiger partial charge in [-0.15, -0.1) is 0 Å². The number of phenols is 1. The van der Waals surface area contributed by atoms with Crippen LogP contribution in [0.5, 0.6) is 5.75 Å². The van der Waals surface area contributed by atoms with Gasteiger partial charge in [-0.05, 0) is 19.2 Å². The van der Waals surface area contributed by atoms with E-state index in [2.05, 4.69) is 10.4 Å². The lowest BCUT2D eigenvalue weighted by Gasteiger charge is -2.01. The minimum absolute atomic E-state index is 0.174. The number of nitrogens with one attached hydrogen (secondary N) is 1. The van der Waals surface area contributed by atoms with Crippen LogP contribution in [-0.2, 0) is 6.54 Å². The number of halogens is 1. The number of rotatable bonds is 3. The smallest absolute Gasteiger partial charge is 0.138 e. The molecule has 0 bridgehead atoms. The van der Waals surface area contributed by atoms with Crippen molar-refractivity contribution in [2.24, 2.45) is 0 Å². The van der Waals surface area contributed by atoms with E-state index in [0.29, 0.717) is 17.1 Å². The molecule has 0 aliphatic carbocycles. The lowest BCUT2D eigenvalue weighted by Crippen LogP contribution is -2.15. The van der Waals surface area contributed by atoms with Crippen LogP contribution in [0.1, 0.15) is 0 Å². The molecule has 0 fully saturated rings. The quantitative estimate of drug-likeness (QED) is 0.835. The molecule has 0 saturated heterocycles. The van der Waals surface area contributed by atoms with Gasteiger partial charge in [0.1, 0.15) is 10.9 Å². The molecular formula is C10H12ClN3O. The first-order valence-corrected chi connectivity index (χ1v) is 5.10. The molecule has 0 atom stereocenters. The normalized spacial score (nSPS) is 11.1. The monoisotopic (exact) mass is 225 g/mol. The van der Waals surface area contributed by atoms with Crippen LogP contribution in [0.2, 0.25) is 5.15 Å². The first kappa shape index (κ1) is 10.3. The van der Waals surface area contributed by atoms with Crippen molar-refractivity contribution in [3.8, 4) is 5.75 Å². The van der Waals surface area contributed by atoms with Gasteiger partial charge in [0.2, 0.25) is 0 Å². The minimum Gasteiger partial charge on any atom is -0.507 e. The zero-order valence-corrected chi connectivity index (χ0v) is 9.12. The number of likely N-dealkylation sites (N-methyl/N-ethyl adjacent to an activating group) is 1. The van der Waals surface area contributed by atoms with Crippen molar-refractivity contribution in [1.29, 1.82) is 0 Å². The van der Waals surface area contributed by atoms with Crippen LogP contribution >= 0.6 is 11.6 Å². The van der Waals surface area contributed by atoms with Gasteiger partial charge in [0.05, 0.1) is 17.4 Å². The van der Waals surface area contributed by atoms with E-state index in [1.165, 1.54) is 0 Å². The van der Waals surface area contributed by atoms with Gasteiger partial charge < -0.3 is 10.4 Å². The van der Waals surface area contributed by atoms with E-state index in [1.54, 1.807) is 16.8 Å². The fourth-order valence-corrected chi connectivity index (χ4v) is 1.81. The third kappa shape index (κ3) is 1.78. The Hall–Kier alpha value is -1.26. The summed E-state index contributed by atoms with van der Waals surface area (Å²) in [7, 11) is 1.87. The molecule has 0 unspecified atom stereocenters. The number of fused-ring (bicyclic) bond motifs is 1. The van der Waals surface area contributed by atoms with Crippen molar-refractivity contribution in [2.45, 2.75) is 6.54 Å². The second-order valence-corrected chi connectivity index (χ2v) is 3.65. The zero-order chi connectivity index (χ0) is 10.8. The van der Waals surface area contributed by atoms with Crippen LogP contribution < -0.4 is 5.32 Å². The highest BCUT2D eigenvalue weighted by Gasteiger charge is 2.11. The maximum absolute atomic E-state index is 9.64. The summed E-state index contributed by atoms with van der Waals surface area (Å²) >= 11 is 6.11. The Morgan fingerprint density at radius 3 is 3.00 bits per heavy atom. The topological polar surface area (TPSA) is 50.1 Å². The van der Waals surface area contributed by atoms with Crippen molar-refractivity contribution < 1.29 is 5.11 Å². The Morgan fingerprint density at radius 1 is 1.53 bits per heavy atom. The van der Waals surface area contributed by atoms with Gasteiger partial charge in [-0.1, -0.05) is 17.7 Å². The van der Waals surface area contributed by atoms with E-state index in [9.17, 15) is 5.11 Å². The summed E-state index contributed by atoms with van der Waals surface area (Å²) in [5.74, 6) is 0.174. The first-order valence-electron chi connectivity index (χ1n) is 4.72. The van der Waals surface area contributed by atoms with Crippen LogP contribution in [0.4, 0.5) is 0 Å². The lowest BCUT2D eigenvalue weighted by molar-refractivity contribution is 0.481. The van der Waals surface area contributed by atoms with Crippen molar-refractivity contribution in [3.63, 3.8) is 0 Å². The summed E-state index contributed by atoms with van der Waals surface area (Å²) in [6.07, 6.45) is 0. The molecule has 0 spiro atoms. The highest BCUT2D eigenvalue weighted by atomic mass is 35.5. The molecule has 2 N–H and O–H groups in total. The van der Waals surface area contributed by atoms with E-state index in [4.69, 9.17) is 11.6 Å². The average molecular weight is 226 g/mol. The van der Waals surface area contributed by atoms with Crippen LogP contribution in [0.3, 0.4) is 0 Å². The number of aromatic nitrogens is 2. The predicted molar refractivity (Wildman–Crippen MR) is 60.3 cm³/mol. The largest absolute Gasteiger partial charge is 0.507 e. The maximum atomic E-state index is 9.64. The standard InChI is InChI=1S/C10H12ClN3O/c1-12-5-6-14-10(11)9-7(13-14)3-2-4-8(9)15/h2-4,12,15H,5-6H2,1H3. The SMILES string of the molecule is CNCCn1nc2cccc(O)c2c1Cl. The van der Waals surface area contributed by atoms with Gasteiger partial charge in [0, 0.05) is 6.54 Å². The molecule has 80 valence electrons. The Morgan fingerprint density at radius 2 is 2.33 bits per heavy atom. The summed E-state index contributed by atoms with van der Waals surface area (Å²) in [5, 5.41) is 18.1. The van der Waals surface area contributed by atoms with Crippen LogP contribution in [0.15, 0.2) is 18.2 Å².